The van der Waals surface area contributed by atoms with Crippen LogP contribution in [-0.4, -0.2) is 4.98 Å². The molecule has 0 aliphatic carbocycles. The Labute approximate surface area is 159 Å². The van der Waals surface area contributed by atoms with E-state index in [-0.39, 0.29) is 0 Å². The van der Waals surface area contributed by atoms with E-state index in [2.05, 4.69) is 53.5 Å². The maximum atomic E-state index is 6.43. The number of nitrogens with zero attached hydrogens (tertiary/aromatic N) is 1. The van der Waals surface area contributed by atoms with Crippen LogP contribution in [0.25, 0.3) is 12.2 Å². The Morgan fingerprint density at radius 2 is 1.44 bits per heavy atom. The van der Waals surface area contributed by atoms with E-state index in [0.29, 0.717) is 10.3 Å². The number of benzene rings is 2. The molecule has 0 radical (unpaired) electrons. The molecule has 0 saturated carbocycles. The fourth-order valence-corrected chi connectivity index (χ4v) is 3.32. The molecule has 1 heterocycles. The second kappa shape index (κ2) is 8.33. The van der Waals surface area contributed by atoms with Gasteiger partial charge in [0.05, 0.1) is 0 Å². The second-order valence-electron chi connectivity index (χ2n) is 5.94. The lowest BCUT2D eigenvalue weighted by molar-refractivity contribution is 0.943. The number of aromatic nitrogens is 1. The van der Waals surface area contributed by atoms with Crippen LogP contribution in [0.4, 0.5) is 0 Å². The summed E-state index contributed by atoms with van der Waals surface area (Å²) in [4.78, 5) is 4.30. The van der Waals surface area contributed by atoms with E-state index >= 15 is 0 Å². The van der Waals surface area contributed by atoms with Gasteiger partial charge in [-0.1, -0.05) is 96.0 Å². The maximum absolute atomic E-state index is 6.43. The molecule has 25 heavy (non-hydrogen) atoms. The van der Waals surface area contributed by atoms with Crippen LogP contribution in [0.5, 0.6) is 0 Å². The molecule has 0 fully saturated rings. The van der Waals surface area contributed by atoms with Crippen LogP contribution in [0, 0.1) is 6.92 Å². The molecule has 0 amide bonds. The normalized spacial score (nSPS) is 11.2. The zero-order chi connectivity index (χ0) is 17.6. The number of hydrogen-bond donors (Lipinski definition) is 0. The van der Waals surface area contributed by atoms with Crippen molar-refractivity contribution < 1.29 is 0 Å². The van der Waals surface area contributed by atoms with Crippen LogP contribution in [0.15, 0.2) is 60.7 Å². The predicted octanol–water partition coefficient (Wildman–Crippen LogP) is 6.65. The first kappa shape index (κ1) is 17.7. The van der Waals surface area contributed by atoms with E-state index in [4.69, 9.17) is 23.2 Å². The van der Waals surface area contributed by atoms with Crippen molar-refractivity contribution in [1.82, 2.24) is 4.98 Å². The third-order valence-electron chi connectivity index (χ3n) is 4.23. The molecule has 3 aromatic rings. The number of rotatable bonds is 5. The standard InChI is InChI=1S/C22H19Cl2N/c1-16-19(14-12-17-8-4-2-5-9-17)20(22(24)25-21(16)23)15-13-18-10-6-3-7-11-18/h2-12,14H,13,15H2,1H3/b14-12+. The average molecular weight is 368 g/mol. The summed E-state index contributed by atoms with van der Waals surface area (Å²) < 4.78 is 0. The van der Waals surface area contributed by atoms with Gasteiger partial charge in [0, 0.05) is 0 Å². The van der Waals surface area contributed by atoms with Crippen LogP contribution < -0.4 is 0 Å². The first-order valence-electron chi connectivity index (χ1n) is 8.26. The topological polar surface area (TPSA) is 12.9 Å². The maximum Gasteiger partial charge on any atom is 0.134 e. The molecule has 1 aromatic heterocycles. The molecule has 0 bridgehead atoms. The smallest absolute Gasteiger partial charge is 0.134 e. The monoisotopic (exact) mass is 367 g/mol. The molecule has 0 saturated heterocycles. The third kappa shape index (κ3) is 4.50. The van der Waals surface area contributed by atoms with Crippen LogP contribution in [0.1, 0.15) is 27.8 Å². The molecule has 3 rings (SSSR count). The van der Waals surface area contributed by atoms with Gasteiger partial charge in [-0.2, -0.15) is 0 Å². The van der Waals surface area contributed by atoms with E-state index in [1.54, 1.807) is 0 Å². The van der Waals surface area contributed by atoms with Gasteiger partial charge < -0.3 is 0 Å². The molecule has 126 valence electrons. The fourth-order valence-electron chi connectivity index (χ4n) is 2.81. The summed E-state index contributed by atoms with van der Waals surface area (Å²) in [5.74, 6) is 0. The lowest BCUT2D eigenvalue weighted by Gasteiger charge is -2.13. The van der Waals surface area contributed by atoms with Crippen molar-refractivity contribution in [2.75, 3.05) is 0 Å². The van der Waals surface area contributed by atoms with Gasteiger partial charge in [-0.15, -0.1) is 0 Å². The van der Waals surface area contributed by atoms with Gasteiger partial charge in [0.1, 0.15) is 10.3 Å². The number of hydrogen-bond acceptors (Lipinski definition) is 1. The largest absolute Gasteiger partial charge is 0.224 e. The van der Waals surface area contributed by atoms with Gasteiger partial charge in [-0.25, -0.2) is 4.98 Å². The van der Waals surface area contributed by atoms with Crippen molar-refractivity contribution in [3.63, 3.8) is 0 Å². The van der Waals surface area contributed by atoms with Gasteiger partial charge in [-0.3, -0.25) is 0 Å². The quantitative estimate of drug-likeness (QED) is 0.459. The second-order valence-corrected chi connectivity index (χ2v) is 6.66. The summed E-state index contributed by atoms with van der Waals surface area (Å²) >= 11 is 12.7. The highest BCUT2D eigenvalue weighted by Gasteiger charge is 2.13. The van der Waals surface area contributed by atoms with Gasteiger partial charge in [0.2, 0.25) is 0 Å². The van der Waals surface area contributed by atoms with Crippen molar-refractivity contribution in [2.24, 2.45) is 0 Å². The molecule has 0 spiro atoms. The van der Waals surface area contributed by atoms with Crippen LogP contribution in [0.3, 0.4) is 0 Å². The zero-order valence-corrected chi connectivity index (χ0v) is 15.6. The van der Waals surface area contributed by atoms with Crippen molar-refractivity contribution in [3.05, 3.63) is 98.8 Å². The summed E-state index contributed by atoms with van der Waals surface area (Å²) in [5, 5.41) is 0.945. The first-order chi connectivity index (χ1) is 12.1. The summed E-state index contributed by atoms with van der Waals surface area (Å²) in [7, 11) is 0. The highest BCUT2D eigenvalue weighted by atomic mass is 35.5. The third-order valence-corrected chi connectivity index (χ3v) is 4.91. The van der Waals surface area contributed by atoms with Crippen LogP contribution in [0.2, 0.25) is 10.3 Å². The van der Waals surface area contributed by atoms with Crippen LogP contribution >= 0.6 is 23.2 Å². The minimum Gasteiger partial charge on any atom is -0.224 e. The van der Waals surface area contributed by atoms with Crippen molar-refractivity contribution in [3.8, 4) is 0 Å². The van der Waals surface area contributed by atoms with E-state index in [0.717, 1.165) is 35.1 Å². The van der Waals surface area contributed by atoms with Crippen LogP contribution in [-0.2, 0) is 12.8 Å². The Balaban J connectivity index is 1.93. The molecule has 3 heteroatoms. The number of aryl methyl sites for hydroxylation is 1. The molecule has 1 nitrogen and oxygen atoms in total. The van der Waals surface area contributed by atoms with Crippen molar-refractivity contribution in [2.45, 2.75) is 19.8 Å². The molecule has 0 aliphatic heterocycles. The Bertz CT molecular complexity index is 872. The van der Waals surface area contributed by atoms with Crippen molar-refractivity contribution >= 4 is 35.4 Å². The van der Waals surface area contributed by atoms with Crippen molar-refractivity contribution in [1.29, 1.82) is 0 Å². The molecule has 0 atom stereocenters. The molecule has 0 unspecified atom stereocenters. The lowest BCUT2D eigenvalue weighted by atomic mass is 9.98. The Hall–Kier alpha value is -2.09. The van der Waals surface area contributed by atoms with E-state index in [1.165, 1.54) is 5.56 Å². The minimum atomic E-state index is 0.459. The van der Waals surface area contributed by atoms with Gasteiger partial charge in [0.15, 0.2) is 0 Å². The Kier molecular flexibility index (Phi) is 5.91. The Morgan fingerprint density at radius 1 is 0.800 bits per heavy atom. The van der Waals surface area contributed by atoms with Gasteiger partial charge in [-0.05, 0) is 47.6 Å². The van der Waals surface area contributed by atoms with E-state index in [1.807, 2.05) is 31.2 Å². The fraction of sp³-hybridized carbons (Fsp3) is 0.136. The predicted molar refractivity (Wildman–Crippen MR) is 108 cm³/mol. The highest BCUT2D eigenvalue weighted by Crippen LogP contribution is 2.29. The Morgan fingerprint density at radius 3 is 2.12 bits per heavy atom. The molecule has 2 aromatic carbocycles. The summed E-state index contributed by atoms with van der Waals surface area (Å²) in [5.41, 5.74) is 5.48. The summed E-state index contributed by atoms with van der Waals surface area (Å²) in [6.07, 6.45) is 5.91. The summed E-state index contributed by atoms with van der Waals surface area (Å²) in [6.45, 7) is 1.99. The SMILES string of the molecule is Cc1c(Cl)nc(Cl)c(CCc2ccccc2)c1/C=C/c1ccccc1. The van der Waals surface area contributed by atoms with E-state index < -0.39 is 0 Å². The minimum absolute atomic E-state index is 0.459. The molecule has 0 N–H and O–H groups in total. The van der Waals surface area contributed by atoms with Gasteiger partial charge >= 0.3 is 0 Å². The molecular formula is C22H19Cl2N. The molecule has 0 aliphatic rings. The number of pyridine rings is 1. The van der Waals surface area contributed by atoms with Gasteiger partial charge in [0.25, 0.3) is 0 Å². The number of halogens is 2. The average Bonchev–Trinajstić information content (AvgIpc) is 2.64. The lowest BCUT2D eigenvalue weighted by Crippen LogP contribution is -2.01. The highest BCUT2D eigenvalue weighted by molar-refractivity contribution is 6.33. The summed E-state index contributed by atoms with van der Waals surface area (Å²) in [6, 6.07) is 20.6. The molecular weight excluding hydrogens is 349 g/mol. The van der Waals surface area contributed by atoms with E-state index in [9.17, 15) is 0 Å². The zero-order valence-electron chi connectivity index (χ0n) is 14.0. The first-order valence-corrected chi connectivity index (χ1v) is 9.02.